The lowest BCUT2D eigenvalue weighted by Crippen LogP contribution is -2.48. The summed E-state index contributed by atoms with van der Waals surface area (Å²) in [6, 6.07) is 1.44. The van der Waals surface area contributed by atoms with Gasteiger partial charge in [0.05, 0.1) is 5.69 Å². The van der Waals surface area contributed by atoms with Crippen LogP contribution in [-0.4, -0.2) is 39.0 Å². The van der Waals surface area contributed by atoms with E-state index < -0.39 is 17.5 Å². The van der Waals surface area contributed by atoms with Crippen LogP contribution in [0.4, 0.5) is 4.79 Å². The van der Waals surface area contributed by atoms with Crippen molar-refractivity contribution in [3.8, 4) is 0 Å². The van der Waals surface area contributed by atoms with Gasteiger partial charge in [-0.05, 0) is 18.9 Å². The highest BCUT2D eigenvalue weighted by atomic mass is 16.4. The molecule has 0 saturated heterocycles. The molecule has 1 saturated carbocycles. The number of urea groups is 1. The molecule has 1 aliphatic rings. The number of aromatic nitrogens is 2. The van der Waals surface area contributed by atoms with Gasteiger partial charge in [-0.15, -0.1) is 0 Å². The predicted octanol–water partition coefficient (Wildman–Crippen LogP) is -0.121. The van der Waals surface area contributed by atoms with Crippen molar-refractivity contribution in [1.82, 2.24) is 20.4 Å². The largest absolute Gasteiger partial charge is 0.480 e. The van der Waals surface area contributed by atoms with E-state index in [1.165, 1.54) is 0 Å². The molecule has 2 rings (SSSR count). The molecule has 2 amide bonds. The monoisotopic (exact) mass is 252 g/mol. The summed E-state index contributed by atoms with van der Waals surface area (Å²) in [6.45, 7) is 0.429. The van der Waals surface area contributed by atoms with Gasteiger partial charge in [0.25, 0.3) is 0 Å². The highest BCUT2D eigenvalue weighted by molar-refractivity contribution is 5.88. The lowest BCUT2D eigenvalue weighted by atomic mass is 10.3. The fourth-order valence-corrected chi connectivity index (χ4v) is 1.68. The number of aryl methyl sites for hydroxylation is 1. The minimum absolute atomic E-state index is 0.429. The van der Waals surface area contributed by atoms with Gasteiger partial charge in [0.15, 0.2) is 0 Å². The molecular weight excluding hydrogens is 236 g/mol. The Hall–Kier alpha value is -2.05. The molecule has 1 fully saturated rings. The normalized spacial score (nSPS) is 16.1. The topological polar surface area (TPSA) is 96.2 Å². The molecule has 7 nitrogen and oxygen atoms in total. The maximum Gasteiger partial charge on any atom is 0.329 e. The minimum Gasteiger partial charge on any atom is -0.480 e. The molecule has 1 heterocycles. The number of hydrogen-bond acceptors (Lipinski definition) is 3. The maximum atomic E-state index is 11.5. The average molecular weight is 252 g/mol. The fourth-order valence-electron chi connectivity index (χ4n) is 1.68. The Balaban J connectivity index is 1.71. The second-order valence-corrected chi connectivity index (χ2v) is 4.50. The molecular formula is C11H16N4O3. The molecule has 3 N–H and O–H groups in total. The number of carbonyl (C=O) groups is 2. The van der Waals surface area contributed by atoms with Gasteiger partial charge in [-0.1, -0.05) is 0 Å². The average Bonchev–Trinajstić information content (AvgIpc) is 2.96. The summed E-state index contributed by atoms with van der Waals surface area (Å²) >= 11 is 0. The van der Waals surface area contributed by atoms with E-state index >= 15 is 0 Å². The van der Waals surface area contributed by atoms with Crippen molar-refractivity contribution < 1.29 is 14.7 Å². The number of carboxylic acids is 1. The molecule has 1 aliphatic carbocycles. The van der Waals surface area contributed by atoms with Gasteiger partial charge in [-0.2, -0.15) is 5.10 Å². The highest BCUT2D eigenvalue weighted by Gasteiger charge is 2.51. The van der Waals surface area contributed by atoms with Crippen LogP contribution < -0.4 is 10.6 Å². The third kappa shape index (κ3) is 2.79. The highest BCUT2D eigenvalue weighted by Crippen LogP contribution is 2.35. The lowest BCUT2D eigenvalue weighted by Gasteiger charge is -2.12. The summed E-state index contributed by atoms with van der Waals surface area (Å²) in [4.78, 5) is 22.3. The van der Waals surface area contributed by atoms with Crippen LogP contribution in [0.1, 0.15) is 18.5 Å². The SMILES string of the molecule is Cn1ccc(CCNC(=O)NC2(C(=O)O)CC2)n1. The second-order valence-electron chi connectivity index (χ2n) is 4.50. The first-order valence-electron chi connectivity index (χ1n) is 5.80. The molecule has 7 heteroatoms. The standard InChI is InChI=1S/C11H16N4O3/c1-15-7-3-8(14-15)2-6-12-10(18)13-11(4-5-11)9(16)17/h3,7H,2,4-6H2,1H3,(H,16,17)(H2,12,13,18). The van der Waals surface area contributed by atoms with Crippen LogP contribution in [0.2, 0.25) is 0 Å². The van der Waals surface area contributed by atoms with Crippen LogP contribution >= 0.6 is 0 Å². The first kappa shape index (κ1) is 12.4. The van der Waals surface area contributed by atoms with Crippen LogP contribution in [0.3, 0.4) is 0 Å². The molecule has 0 spiro atoms. The Kier molecular flexibility index (Phi) is 3.22. The summed E-state index contributed by atoms with van der Waals surface area (Å²) in [5, 5.41) is 18.2. The number of hydrogen-bond donors (Lipinski definition) is 3. The van der Waals surface area contributed by atoms with E-state index in [9.17, 15) is 9.59 Å². The van der Waals surface area contributed by atoms with Gasteiger partial charge in [0, 0.05) is 26.2 Å². The Morgan fingerprint density at radius 2 is 2.28 bits per heavy atom. The van der Waals surface area contributed by atoms with Gasteiger partial charge in [-0.3, -0.25) is 4.68 Å². The van der Waals surface area contributed by atoms with E-state index in [-0.39, 0.29) is 0 Å². The summed E-state index contributed by atoms with van der Waals surface area (Å²) < 4.78 is 1.69. The second kappa shape index (κ2) is 4.67. The van der Waals surface area contributed by atoms with Gasteiger partial charge < -0.3 is 15.7 Å². The zero-order valence-electron chi connectivity index (χ0n) is 10.1. The van der Waals surface area contributed by atoms with Gasteiger partial charge >= 0.3 is 12.0 Å². The third-order valence-electron chi connectivity index (χ3n) is 2.95. The van der Waals surface area contributed by atoms with E-state index in [0.29, 0.717) is 25.8 Å². The number of amides is 2. The molecule has 1 aromatic rings. The summed E-state index contributed by atoms with van der Waals surface area (Å²) in [6.07, 6.45) is 3.44. The van der Waals surface area contributed by atoms with E-state index in [1.54, 1.807) is 4.68 Å². The van der Waals surface area contributed by atoms with Crippen LogP contribution in [0.25, 0.3) is 0 Å². The van der Waals surface area contributed by atoms with Crippen LogP contribution in [0, 0.1) is 0 Å². The quantitative estimate of drug-likeness (QED) is 0.680. The predicted molar refractivity (Wildman–Crippen MR) is 63.0 cm³/mol. The number of nitrogens with one attached hydrogen (secondary N) is 2. The van der Waals surface area contributed by atoms with Crippen LogP contribution in [-0.2, 0) is 18.3 Å². The zero-order chi connectivity index (χ0) is 13.2. The van der Waals surface area contributed by atoms with Crippen molar-refractivity contribution in [2.75, 3.05) is 6.54 Å². The van der Waals surface area contributed by atoms with Crippen LogP contribution in [0.15, 0.2) is 12.3 Å². The summed E-state index contributed by atoms with van der Waals surface area (Å²) in [5.74, 6) is -0.970. The van der Waals surface area contributed by atoms with Crippen molar-refractivity contribution in [2.24, 2.45) is 7.05 Å². The van der Waals surface area contributed by atoms with Gasteiger partial charge in [0.2, 0.25) is 0 Å². The third-order valence-corrected chi connectivity index (χ3v) is 2.95. The molecule has 0 unspecified atom stereocenters. The Labute approximate surface area is 104 Å². The lowest BCUT2D eigenvalue weighted by molar-refractivity contribution is -0.140. The molecule has 0 atom stereocenters. The number of rotatable bonds is 5. The number of nitrogens with zero attached hydrogens (tertiary/aromatic N) is 2. The van der Waals surface area contributed by atoms with Crippen molar-refractivity contribution in [3.63, 3.8) is 0 Å². The van der Waals surface area contributed by atoms with Gasteiger partial charge in [-0.25, -0.2) is 9.59 Å². The molecule has 98 valence electrons. The number of carbonyl (C=O) groups excluding carboxylic acids is 1. The van der Waals surface area contributed by atoms with Crippen molar-refractivity contribution in [2.45, 2.75) is 24.8 Å². The fraction of sp³-hybridized carbons (Fsp3) is 0.545. The maximum absolute atomic E-state index is 11.5. The van der Waals surface area contributed by atoms with E-state index in [4.69, 9.17) is 5.11 Å². The van der Waals surface area contributed by atoms with Crippen LogP contribution in [0.5, 0.6) is 0 Å². The number of aliphatic carboxylic acids is 1. The first-order valence-corrected chi connectivity index (χ1v) is 5.80. The van der Waals surface area contributed by atoms with Crippen molar-refractivity contribution >= 4 is 12.0 Å². The number of carboxylic acid groups (broad SMARTS) is 1. The Morgan fingerprint density at radius 3 is 2.78 bits per heavy atom. The van der Waals surface area contributed by atoms with E-state index in [2.05, 4.69) is 15.7 Å². The molecule has 0 bridgehead atoms. The first-order chi connectivity index (χ1) is 8.52. The molecule has 0 aliphatic heterocycles. The van der Waals surface area contributed by atoms with Crippen molar-refractivity contribution in [1.29, 1.82) is 0 Å². The van der Waals surface area contributed by atoms with E-state index in [1.807, 2.05) is 19.3 Å². The summed E-state index contributed by atoms with van der Waals surface area (Å²) in [7, 11) is 1.83. The Bertz CT molecular complexity index is 465. The minimum atomic E-state index is -1.03. The van der Waals surface area contributed by atoms with Gasteiger partial charge in [0.1, 0.15) is 5.54 Å². The molecule has 18 heavy (non-hydrogen) atoms. The molecule has 0 radical (unpaired) electrons. The molecule has 0 aromatic carbocycles. The zero-order valence-corrected chi connectivity index (χ0v) is 10.1. The van der Waals surface area contributed by atoms with E-state index in [0.717, 1.165) is 5.69 Å². The van der Waals surface area contributed by atoms with Crippen molar-refractivity contribution in [3.05, 3.63) is 18.0 Å². The Morgan fingerprint density at radius 1 is 1.56 bits per heavy atom. The molecule has 1 aromatic heterocycles. The smallest absolute Gasteiger partial charge is 0.329 e. The summed E-state index contributed by atoms with van der Waals surface area (Å²) in [5.41, 5.74) is -0.146.